The second-order valence-corrected chi connectivity index (χ2v) is 8.16. The first-order valence-corrected chi connectivity index (χ1v) is 10.5. The smallest absolute Gasteiger partial charge is 0.270 e. The molecular weight excluding hydrogens is 360 g/mol. The summed E-state index contributed by atoms with van der Waals surface area (Å²) in [6, 6.07) is 22.6. The molecule has 2 heterocycles. The van der Waals surface area contributed by atoms with Gasteiger partial charge in [0.05, 0.1) is 11.4 Å². The van der Waals surface area contributed by atoms with Crippen LogP contribution < -0.4 is 5.32 Å². The van der Waals surface area contributed by atoms with Crippen molar-refractivity contribution in [3.63, 3.8) is 0 Å². The fourth-order valence-corrected chi connectivity index (χ4v) is 4.10. The van der Waals surface area contributed by atoms with Gasteiger partial charge >= 0.3 is 0 Å². The van der Waals surface area contributed by atoms with Gasteiger partial charge in [0.15, 0.2) is 0 Å². The van der Waals surface area contributed by atoms with Crippen molar-refractivity contribution in [3.8, 4) is 5.69 Å². The van der Waals surface area contributed by atoms with E-state index in [2.05, 4.69) is 34.5 Å². The van der Waals surface area contributed by atoms with Gasteiger partial charge in [0.2, 0.25) is 0 Å². The average Bonchev–Trinajstić information content (AvgIpc) is 3.36. The summed E-state index contributed by atoms with van der Waals surface area (Å²) in [4.78, 5) is 15.5. The number of benzene rings is 2. The number of nitrogens with one attached hydrogen (secondary N) is 1. The van der Waals surface area contributed by atoms with Crippen molar-refractivity contribution in [3.05, 3.63) is 83.7 Å². The van der Waals surface area contributed by atoms with Crippen LogP contribution in [0, 0.1) is 0 Å². The standard InChI is InChI=1S/C24H26N4O/c29-24(25-20-13-14-27(17-20)16-18-7-3-1-4-8-18)23-15-22(19-11-12-19)26-28(23)21-9-5-2-6-10-21/h1-10,15,19-20H,11-14,16-17H2,(H,25,29)/t20-/m1/s1. The first-order chi connectivity index (χ1) is 14.3. The maximum atomic E-state index is 13.1. The lowest BCUT2D eigenvalue weighted by Gasteiger charge is -2.17. The van der Waals surface area contributed by atoms with Gasteiger partial charge in [0.1, 0.15) is 5.69 Å². The van der Waals surface area contributed by atoms with E-state index < -0.39 is 0 Å². The highest BCUT2D eigenvalue weighted by Gasteiger charge is 2.30. The van der Waals surface area contributed by atoms with Crippen molar-refractivity contribution in [2.45, 2.75) is 37.8 Å². The molecule has 1 N–H and O–H groups in total. The van der Waals surface area contributed by atoms with E-state index in [1.807, 2.05) is 42.5 Å². The molecule has 5 nitrogen and oxygen atoms in total. The topological polar surface area (TPSA) is 50.2 Å². The van der Waals surface area contributed by atoms with Crippen LogP contribution in [0.2, 0.25) is 0 Å². The van der Waals surface area contributed by atoms with Gasteiger partial charge in [-0.2, -0.15) is 5.10 Å². The Balaban J connectivity index is 1.29. The predicted octanol–water partition coefficient (Wildman–Crippen LogP) is 3.75. The Kier molecular flexibility index (Phi) is 4.90. The number of carbonyl (C=O) groups is 1. The monoisotopic (exact) mass is 386 g/mol. The summed E-state index contributed by atoms with van der Waals surface area (Å²) in [6.07, 6.45) is 3.32. The summed E-state index contributed by atoms with van der Waals surface area (Å²) in [5.74, 6) is 0.485. The zero-order valence-corrected chi connectivity index (χ0v) is 16.5. The van der Waals surface area contributed by atoms with Gasteiger partial charge in [-0.15, -0.1) is 0 Å². The van der Waals surface area contributed by atoms with Gasteiger partial charge < -0.3 is 5.32 Å². The molecule has 5 rings (SSSR count). The number of aromatic nitrogens is 2. The molecule has 0 radical (unpaired) electrons. The lowest BCUT2D eigenvalue weighted by Crippen LogP contribution is -2.37. The summed E-state index contributed by atoms with van der Waals surface area (Å²) in [5, 5.41) is 8.01. The SMILES string of the molecule is O=C(N[C@@H]1CCN(Cc2ccccc2)C1)c1cc(C2CC2)nn1-c1ccccc1. The Morgan fingerprint density at radius 3 is 2.45 bits per heavy atom. The van der Waals surface area contributed by atoms with E-state index in [-0.39, 0.29) is 11.9 Å². The molecule has 2 aromatic carbocycles. The largest absolute Gasteiger partial charge is 0.347 e. The minimum absolute atomic E-state index is 0.0279. The molecule has 2 fully saturated rings. The van der Waals surface area contributed by atoms with E-state index in [0.29, 0.717) is 11.6 Å². The van der Waals surface area contributed by atoms with Crippen LogP contribution in [-0.2, 0) is 6.54 Å². The first kappa shape index (κ1) is 18.1. The van der Waals surface area contributed by atoms with E-state index in [1.165, 1.54) is 18.4 Å². The third-order valence-electron chi connectivity index (χ3n) is 5.81. The molecule has 2 aliphatic rings. The van der Waals surface area contributed by atoms with Crippen molar-refractivity contribution in [2.75, 3.05) is 13.1 Å². The maximum absolute atomic E-state index is 13.1. The van der Waals surface area contributed by atoms with Crippen LogP contribution in [0.5, 0.6) is 0 Å². The summed E-state index contributed by atoms with van der Waals surface area (Å²) in [6.45, 7) is 2.82. The van der Waals surface area contributed by atoms with Crippen molar-refractivity contribution in [1.82, 2.24) is 20.0 Å². The molecule has 0 spiro atoms. The van der Waals surface area contributed by atoms with Gasteiger partial charge in [-0.1, -0.05) is 48.5 Å². The number of hydrogen-bond donors (Lipinski definition) is 1. The molecule has 1 aromatic heterocycles. The number of rotatable bonds is 6. The Morgan fingerprint density at radius 2 is 1.72 bits per heavy atom. The van der Waals surface area contributed by atoms with Crippen LogP contribution in [0.25, 0.3) is 5.69 Å². The zero-order valence-electron chi connectivity index (χ0n) is 16.5. The maximum Gasteiger partial charge on any atom is 0.270 e. The molecule has 1 atom stereocenters. The number of hydrogen-bond acceptors (Lipinski definition) is 3. The van der Waals surface area contributed by atoms with E-state index in [4.69, 9.17) is 5.10 Å². The summed E-state index contributed by atoms with van der Waals surface area (Å²) < 4.78 is 1.81. The summed E-state index contributed by atoms with van der Waals surface area (Å²) >= 11 is 0. The van der Waals surface area contributed by atoms with E-state index in [1.54, 1.807) is 4.68 Å². The fourth-order valence-electron chi connectivity index (χ4n) is 4.10. The van der Waals surface area contributed by atoms with Crippen molar-refractivity contribution < 1.29 is 4.79 Å². The number of para-hydroxylation sites is 1. The molecular formula is C24H26N4O. The summed E-state index contributed by atoms with van der Waals surface area (Å²) in [5.41, 5.74) is 3.92. The third kappa shape index (κ3) is 4.10. The zero-order chi connectivity index (χ0) is 19.6. The van der Waals surface area contributed by atoms with Crippen LogP contribution in [0.3, 0.4) is 0 Å². The van der Waals surface area contributed by atoms with E-state index in [0.717, 1.165) is 37.4 Å². The molecule has 1 amide bonds. The minimum Gasteiger partial charge on any atom is -0.347 e. The van der Waals surface area contributed by atoms with Crippen LogP contribution in [0.15, 0.2) is 66.7 Å². The number of likely N-dealkylation sites (tertiary alicyclic amines) is 1. The molecule has 0 unspecified atom stereocenters. The molecule has 1 aliphatic heterocycles. The predicted molar refractivity (Wildman–Crippen MR) is 113 cm³/mol. The molecule has 5 heteroatoms. The molecule has 3 aromatic rings. The quantitative estimate of drug-likeness (QED) is 0.702. The Morgan fingerprint density at radius 1 is 1.00 bits per heavy atom. The molecule has 1 aliphatic carbocycles. The highest BCUT2D eigenvalue weighted by molar-refractivity contribution is 5.93. The highest BCUT2D eigenvalue weighted by Crippen LogP contribution is 2.39. The Hall–Kier alpha value is -2.92. The first-order valence-electron chi connectivity index (χ1n) is 10.5. The fraction of sp³-hybridized carbons (Fsp3) is 0.333. The molecule has 29 heavy (non-hydrogen) atoms. The normalized spacial score (nSPS) is 19.4. The molecule has 1 saturated heterocycles. The van der Waals surface area contributed by atoms with Gasteiger partial charge in [0, 0.05) is 31.6 Å². The van der Waals surface area contributed by atoms with Gasteiger partial charge in [-0.3, -0.25) is 9.69 Å². The van der Waals surface area contributed by atoms with Gasteiger partial charge in [-0.25, -0.2) is 4.68 Å². The summed E-state index contributed by atoms with van der Waals surface area (Å²) in [7, 11) is 0. The molecule has 1 saturated carbocycles. The van der Waals surface area contributed by atoms with Crippen molar-refractivity contribution in [2.24, 2.45) is 0 Å². The van der Waals surface area contributed by atoms with Crippen LogP contribution in [-0.4, -0.2) is 39.7 Å². The highest BCUT2D eigenvalue weighted by atomic mass is 16.2. The second kappa shape index (κ2) is 7.84. The Bertz CT molecular complexity index is 979. The lowest BCUT2D eigenvalue weighted by atomic mass is 10.2. The lowest BCUT2D eigenvalue weighted by molar-refractivity contribution is 0.0929. The van der Waals surface area contributed by atoms with Crippen molar-refractivity contribution in [1.29, 1.82) is 0 Å². The van der Waals surface area contributed by atoms with Gasteiger partial charge in [-0.05, 0) is 43.0 Å². The van der Waals surface area contributed by atoms with Crippen LogP contribution in [0.1, 0.15) is 46.9 Å². The Labute approximate surface area is 171 Å². The minimum atomic E-state index is -0.0279. The van der Waals surface area contributed by atoms with Crippen LogP contribution in [0.4, 0.5) is 0 Å². The molecule has 148 valence electrons. The number of nitrogens with zero attached hydrogens (tertiary/aromatic N) is 3. The van der Waals surface area contributed by atoms with Crippen LogP contribution >= 0.6 is 0 Å². The van der Waals surface area contributed by atoms with Gasteiger partial charge in [0.25, 0.3) is 5.91 Å². The average molecular weight is 386 g/mol. The third-order valence-corrected chi connectivity index (χ3v) is 5.81. The van der Waals surface area contributed by atoms with E-state index >= 15 is 0 Å². The number of carbonyl (C=O) groups excluding carboxylic acids is 1. The van der Waals surface area contributed by atoms with Crippen molar-refractivity contribution >= 4 is 5.91 Å². The van der Waals surface area contributed by atoms with E-state index in [9.17, 15) is 4.79 Å². The second-order valence-electron chi connectivity index (χ2n) is 8.16. The molecule has 0 bridgehead atoms. The number of amides is 1.